The van der Waals surface area contributed by atoms with Crippen LogP contribution in [0.2, 0.25) is 5.02 Å². The highest BCUT2D eigenvalue weighted by Crippen LogP contribution is 2.41. The van der Waals surface area contributed by atoms with Crippen molar-refractivity contribution in [1.29, 1.82) is 0 Å². The lowest BCUT2D eigenvalue weighted by atomic mass is 9.97. The van der Waals surface area contributed by atoms with Gasteiger partial charge in [0, 0.05) is 40.5 Å². The summed E-state index contributed by atoms with van der Waals surface area (Å²) in [6.07, 6.45) is 3.03. The fraction of sp³-hybridized carbons (Fsp3) is 0.409. The van der Waals surface area contributed by atoms with Crippen LogP contribution in [-0.2, 0) is 14.8 Å². The number of hydrogen-bond acceptors (Lipinski definition) is 7. The first kappa shape index (κ1) is 22.5. The molecule has 174 valence electrons. The number of nitrogens with zero attached hydrogens (tertiary/aromatic N) is 3. The molecule has 2 aromatic heterocycles. The number of benzene rings is 1. The van der Waals surface area contributed by atoms with Crippen molar-refractivity contribution >= 4 is 44.6 Å². The second-order valence-electron chi connectivity index (χ2n) is 8.44. The molecule has 2 aliphatic rings. The first-order valence-electron chi connectivity index (χ1n) is 10.8. The summed E-state index contributed by atoms with van der Waals surface area (Å²) in [6, 6.07) is 8.55. The lowest BCUT2D eigenvalue weighted by molar-refractivity contribution is -0.120. The number of anilines is 1. The van der Waals surface area contributed by atoms with E-state index < -0.39 is 10.0 Å². The highest BCUT2D eigenvalue weighted by Gasteiger charge is 2.35. The Bertz CT molecular complexity index is 1270. The number of hydrogen-bond donors (Lipinski definition) is 1. The Hall–Kier alpha value is -2.27. The zero-order valence-corrected chi connectivity index (χ0v) is 20.3. The molecular formula is C22H23ClN4O4S2. The molecule has 1 saturated heterocycles. The summed E-state index contributed by atoms with van der Waals surface area (Å²) in [5, 5.41) is 7.51. The van der Waals surface area contributed by atoms with Crippen molar-refractivity contribution in [2.24, 2.45) is 5.92 Å². The Morgan fingerprint density at radius 2 is 1.88 bits per heavy atom. The van der Waals surface area contributed by atoms with Crippen LogP contribution in [0.1, 0.15) is 42.4 Å². The topological polar surface area (TPSA) is 105 Å². The van der Waals surface area contributed by atoms with Gasteiger partial charge in [0.1, 0.15) is 0 Å². The maximum absolute atomic E-state index is 13.3. The van der Waals surface area contributed by atoms with E-state index in [-0.39, 0.29) is 16.7 Å². The lowest BCUT2D eigenvalue weighted by Gasteiger charge is -2.30. The zero-order chi connectivity index (χ0) is 23.2. The molecule has 1 N–H and O–H groups in total. The van der Waals surface area contributed by atoms with Crippen molar-refractivity contribution in [3.8, 4) is 10.7 Å². The number of nitrogens with one attached hydrogen (secondary N) is 1. The van der Waals surface area contributed by atoms with E-state index in [1.54, 1.807) is 37.3 Å². The number of sulfonamides is 1. The molecule has 0 unspecified atom stereocenters. The molecule has 0 radical (unpaired) electrons. The van der Waals surface area contributed by atoms with E-state index in [4.69, 9.17) is 16.1 Å². The van der Waals surface area contributed by atoms with E-state index in [1.165, 1.54) is 15.6 Å². The van der Waals surface area contributed by atoms with Crippen molar-refractivity contribution in [1.82, 2.24) is 14.4 Å². The van der Waals surface area contributed by atoms with Crippen molar-refractivity contribution < 1.29 is 17.7 Å². The highest BCUT2D eigenvalue weighted by molar-refractivity contribution is 7.89. The summed E-state index contributed by atoms with van der Waals surface area (Å²) in [6.45, 7) is 2.37. The van der Waals surface area contributed by atoms with E-state index in [1.807, 2.05) is 0 Å². The third kappa shape index (κ3) is 4.70. The normalized spacial score (nSPS) is 17.9. The van der Waals surface area contributed by atoms with Gasteiger partial charge in [-0.3, -0.25) is 4.79 Å². The molecule has 2 fully saturated rings. The van der Waals surface area contributed by atoms with Crippen molar-refractivity contribution in [2.75, 3.05) is 18.4 Å². The quantitative estimate of drug-likeness (QED) is 0.520. The van der Waals surface area contributed by atoms with Crippen LogP contribution in [0.25, 0.3) is 10.7 Å². The van der Waals surface area contributed by atoms with Crippen molar-refractivity contribution in [3.05, 3.63) is 46.1 Å². The highest BCUT2D eigenvalue weighted by atomic mass is 35.5. The number of thiophene rings is 1. The third-order valence-corrected chi connectivity index (χ3v) is 9.47. The van der Waals surface area contributed by atoms with Crippen molar-refractivity contribution in [3.63, 3.8) is 0 Å². The van der Waals surface area contributed by atoms with Gasteiger partial charge < -0.3 is 9.84 Å². The van der Waals surface area contributed by atoms with Gasteiger partial charge in [0.15, 0.2) is 0 Å². The molecule has 11 heteroatoms. The number of rotatable bonds is 6. The fourth-order valence-electron chi connectivity index (χ4n) is 3.94. The average molecular weight is 507 g/mol. The van der Waals surface area contributed by atoms with Gasteiger partial charge in [-0.05, 0) is 62.9 Å². The van der Waals surface area contributed by atoms with E-state index in [2.05, 4.69) is 15.5 Å². The average Bonchev–Trinajstić information content (AvgIpc) is 3.39. The Morgan fingerprint density at radius 3 is 2.55 bits per heavy atom. The van der Waals surface area contributed by atoms with E-state index in [9.17, 15) is 13.2 Å². The summed E-state index contributed by atoms with van der Waals surface area (Å²) >= 11 is 7.23. The SMILES string of the molecule is Cc1sc(-c2noc(C3CC3)n2)cc1S(=O)(=O)N1CCC(C(=O)Nc2ccc(Cl)cc2)CC1. The van der Waals surface area contributed by atoms with Gasteiger partial charge in [-0.15, -0.1) is 11.3 Å². The Balaban J connectivity index is 1.25. The number of aromatic nitrogens is 2. The van der Waals surface area contributed by atoms with Crippen LogP contribution < -0.4 is 5.32 Å². The third-order valence-electron chi connectivity index (χ3n) is 6.02. The van der Waals surface area contributed by atoms with Gasteiger partial charge in [-0.1, -0.05) is 16.8 Å². The van der Waals surface area contributed by atoms with Crippen LogP contribution in [0.5, 0.6) is 0 Å². The van der Waals surface area contributed by atoms with Crippen LogP contribution >= 0.6 is 22.9 Å². The molecule has 8 nitrogen and oxygen atoms in total. The largest absolute Gasteiger partial charge is 0.339 e. The lowest BCUT2D eigenvalue weighted by Crippen LogP contribution is -2.41. The van der Waals surface area contributed by atoms with Crippen LogP contribution in [0, 0.1) is 12.8 Å². The Morgan fingerprint density at radius 1 is 1.18 bits per heavy atom. The van der Waals surface area contributed by atoms with Crippen LogP contribution in [-0.4, -0.2) is 41.9 Å². The Labute approximate surface area is 201 Å². The van der Waals surface area contributed by atoms with E-state index in [0.29, 0.717) is 64.0 Å². The van der Waals surface area contributed by atoms with Crippen LogP contribution in [0.15, 0.2) is 39.8 Å². The van der Waals surface area contributed by atoms with Gasteiger partial charge in [0.25, 0.3) is 0 Å². The van der Waals surface area contributed by atoms with E-state index in [0.717, 1.165) is 12.8 Å². The molecule has 3 heterocycles. The van der Waals surface area contributed by atoms with Gasteiger partial charge >= 0.3 is 0 Å². The summed E-state index contributed by atoms with van der Waals surface area (Å²) in [5.74, 6) is 1.05. The minimum Gasteiger partial charge on any atom is -0.339 e. The maximum atomic E-state index is 13.3. The molecule has 33 heavy (non-hydrogen) atoms. The molecule has 1 amide bonds. The number of carbonyl (C=O) groups excluding carboxylic acids is 1. The molecule has 0 spiro atoms. The van der Waals surface area contributed by atoms with Crippen LogP contribution in [0.4, 0.5) is 5.69 Å². The summed E-state index contributed by atoms with van der Waals surface area (Å²) < 4.78 is 33.4. The molecule has 5 rings (SSSR count). The first-order chi connectivity index (χ1) is 15.8. The molecule has 1 saturated carbocycles. The number of aryl methyl sites for hydroxylation is 1. The molecule has 1 aliphatic heterocycles. The van der Waals surface area contributed by atoms with Gasteiger partial charge in [-0.25, -0.2) is 8.42 Å². The van der Waals surface area contributed by atoms with Gasteiger partial charge in [0.05, 0.1) is 9.77 Å². The number of amides is 1. The minimum atomic E-state index is -3.68. The molecular weight excluding hydrogens is 484 g/mol. The molecule has 1 aromatic carbocycles. The summed E-state index contributed by atoms with van der Waals surface area (Å²) in [5.41, 5.74) is 0.673. The predicted octanol–water partition coefficient (Wildman–Crippen LogP) is 4.68. The van der Waals surface area contributed by atoms with Crippen molar-refractivity contribution in [2.45, 2.75) is 43.4 Å². The van der Waals surface area contributed by atoms with Gasteiger partial charge in [-0.2, -0.15) is 9.29 Å². The second-order valence-corrected chi connectivity index (χ2v) is 12.0. The summed E-state index contributed by atoms with van der Waals surface area (Å²) in [7, 11) is -3.68. The number of halogens is 1. The standard InChI is InChI=1S/C22H23ClN4O4S2/c1-13-19(12-18(32-13)20-25-22(31-26-20)15-2-3-15)33(29,30)27-10-8-14(9-11-27)21(28)24-17-6-4-16(23)5-7-17/h4-7,12,14-15H,2-3,8-11H2,1H3,(H,24,28). The summed E-state index contributed by atoms with van der Waals surface area (Å²) in [4.78, 5) is 18.7. The maximum Gasteiger partial charge on any atom is 0.244 e. The molecule has 0 bridgehead atoms. The second kappa shape index (κ2) is 8.83. The monoisotopic (exact) mass is 506 g/mol. The smallest absolute Gasteiger partial charge is 0.244 e. The Kier molecular flexibility index (Phi) is 6.02. The number of carbonyl (C=O) groups is 1. The molecule has 0 atom stereocenters. The van der Waals surface area contributed by atoms with Crippen LogP contribution in [0.3, 0.4) is 0 Å². The van der Waals surface area contributed by atoms with E-state index >= 15 is 0 Å². The zero-order valence-electron chi connectivity index (χ0n) is 18.0. The fourth-order valence-corrected chi connectivity index (χ4v) is 7.02. The molecule has 3 aromatic rings. The minimum absolute atomic E-state index is 0.105. The number of piperidine rings is 1. The predicted molar refractivity (Wildman–Crippen MR) is 126 cm³/mol. The van der Waals surface area contributed by atoms with Gasteiger partial charge in [0.2, 0.25) is 27.6 Å². The molecule has 1 aliphatic carbocycles. The first-order valence-corrected chi connectivity index (χ1v) is 13.5.